The van der Waals surface area contributed by atoms with Gasteiger partial charge in [0.2, 0.25) is 6.10 Å². The molecule has 0 aliphatic heterocycles. The van der Waals surface area contributed by atoms with Gasteiger partial charge in [-0.05, 0) is 45.0 Å². The number of hydrogen-bond donors (Lipinski definition) is 2. The van der Waals surface area contributed by atoms with Gasteiger partial charge in [-0.2, -0.15) is 0 Å². The van der Waals surface area contributed by atoms with Crippen molar-refractivity contribution in [3.8, 4) is 0 Å². The summed E-state index contributed by atoms with van der Waals surface area (Å²) < 4.78 is 5.36. The maximum absolute atomic E-state index is 12.6. The lowest BCUT2D eigenvalue weighted by atomic mass is 10.1. The van der Waals surface area contributed by atoms with Crippen molar-refractivity contribution in [2.75, 3.05) is 5.32 Å². The number of ether oxygens (including phenoxy) is 1. The molecule has 2 N–H and O–H groups in total. The highest BCUT2D eigenvalue weighted by molar-refractivity contribution is 6.30. The molecule has 0 saturated carbocycles. The Balaban J connectivity index is 2.22. The van der Waals surface area contributed by atoms with E-state index in [0.29, 0.717) is 16.3 Å². The third kappa shape index (κ3) is 6.08. The van der Waals surface area contributed by atoms with Gasteiger partial charge in [-0.25, -0.2) is 4.79 Å². The summed E-state index contributed by atoms with van der Waals surface area (Å²) in [6.07, 6.45) is 1.25. The number of rotatable bonds is 4. The van der Waals surface area contributed by atoms with Crippen LogP contribution in [0.4, 0.5) is 10.5 Å². The van der Waals surface area contributed by atoms with E-state index in [1.807, 2.05) is 20.8 Å². The third-order valence-electron chi connectivity index (χ3n) is 3.02. The van der Waals surface area contributed by atoms with Crippen LogP contribution in [-0.4, -0.2) is 22.5 Å². The fourth-order valence-corrected chi connectivity index (χ4v) is 2.23. The van der Waals surface area contributed by atoms with Crippen molar-refractivity contribution in [2.24, 2.45) is 0 Å². The number of amides is 2. The molecule has 0 spiro atoms. The van der Waals surface area contributed by atoms with Crippen molar-refractivity contribution in [1.82, 2.24) is 10.3 Å². The number of nitrogens with zero attached hydrogens (tertiary/aromatic N) is 1. The maximum Gasteiger partial charge on any atom is 0.408 e. The molecule has 0 radical (unpaired) electrons. The van der Waals surface area contributed by atoms with Gasteiger partial charge in [0.25, 0.3) is 5.91 Å². The molecule has 2 amide bonds. The number of pyridine rings is 1. The molecule has 7 heteroatoms. The second kappa shape index (κ2) is 7.98. The van der Waals surface area contributed by atoms with Gasteiger partial charge in [0.05, 0.1) is 11.9 Å². The van der Waals surface area contributed by atoms with Crippen LogP contribution < -0.4 is 10.6 Å². The summed E-state index contributed by atoms with van der Waals surface area (Å²) in [4.78, 5) is 28.7. The van der Waals surface area contributed by atoms with E-state index in [2.05, 4.69) is 15.6 Å². The van der Waals surface area contributed by atoms with Crippen molar-refractivity contribution < 1.29 is 14.3 Å². The molecular weight excluding hydrogens is 342 g/mol. The monoisotopic (exact) mass is 361 g/mol. The summed E-state index contributed by atoms with van der Waals surface area (Å²) >= 11 is 6.00. The van der Waals surface area contributed by atoms with Crippen molar-refractivity contribution >= 4 is 29.3 Å². The van der Waals surface area contributed by atoms with E-state index in [9.17, 15) is 9.59 Å². The molecule has 6 nitrogen and oxygen atoms in total. The summed E-state index contributed by atoms with van der Waals surface area (Å²) in [5, 5.41) is 5.79. The fourth-order valence-electron chi connectivity index (χ4n) is 2.03. The number of aromatic nitrogens is 1. The first-order valence-corrected chi connectivity index (χ1v) is 8.07. The molecule has 1 heterocycles. The molecular formula is C18H20ClN3O3. The molecule has 132 valence electrons. The van der Waals surface area contributed by atoms with Crippen LogP contribution in [0, 0.1) is 0 Å². The van der Waals surface area contributed by atoms with Crippen LogP contribution >= 0.6 is 11.6 Å². The minimum atomic E-state index is -1.15. The second-order valence-corrected chi connectivity index (χ2v) is 6.88. The SMILES string of the molecule is CC(C)(C)NC(=O)OC(C(=O)Nc1cccnc1)c1cccc(Cl)c1. The Morgan fingerprint density at radius 2 is 1.96 bits per heavy atom. The first-order chi connectivity index (χ1) is 11.7. The average Bonchev–Trinajstić information content (AvgIpc) is 2.52. The van der Waals surface area contributed by atoms with Crippen LogP contribution in [0.3, 0.4) is 0 Å². The molecule has 2 aromatic rings. The molecule has 2 rings (SSSR count). The lowest BCUT2D eigenvalue weighted by molar-refractivity contribution is -0.124. The van der Waals surface area contributed by atoms with Gasteiger partial charge in [-0.1, -0.05) is 23.7 Å². The highest BCUT2D eigenvalue weighted by Gasteiger charge is 2.27. The topological polar surface area (TPSA) is 80.3 Å². The maximum atomic E-state index is 12.6. The Hall–Kier alpha value is -2.60. The largest absolute Gasteiger partial charge is 0.431 e. The van der Waals surface area contributed by atoms with Crippen LogP contribution in [0.1, 0.15) is 32.4 Å². The van der Waals surface area contributed by atoms with Crippen LogP contribution in [0.25, 0.3) is 0 Å². The smallest absolute Gasteiger partial charge is 0.408 e. The number of halogens is 1. The number of nitrogens with one attached hydrogen (secondary N) is 2. The normalized spacial score (nSPS) is 12.2. The van der Waals surface area contributed by atoms with Gasteiger partial charge < -0.3 is 15.4 Å². The Kier molecular flexibility index (Phi) is 5.98. The van der Waals surface area contributed by atoms with E-state index < -0.39 is 23.6 Å². The van der Waals surface area contributed by atoms with Crippen molar-refractivity contribution in [2.45, 2.75) is 32.4 Å². The van der Waals surface area contributed by atoms with Gasteiger partial charge in [-0.15, -0.1) is 0 Å². The number of carbonyl (C=O) groups excluding carboxylic acids is 2. The number of alkyl carbamates (subject to hydrolysis) is 1. The molecule has 0 bridgehead atoms. The molecule has 0 fully saturated rings. The Morgan fingerprint density at radius 1 is 1.20 bits per heavy atom. The van der Waals surface area contributed by atoms with Crippen LogP contribution in [0.15, 0.2) is 48.8 Å². The van der Waals surface area contributed by atoms with Gasteiger partial charge in [0.15, 0.2) is 0 Å². The standard InChI is InChI=1S/C18H20ClN3O3/c1-18(2,3)22-17(24)25-15(12-6-4-7-13(19)10-12)16(23)21-14-8-5-9-20-11-14/h4-11,15H,1-3H3,(H,21,23)(H,22,24). The van der Waals surface area contributed by atoms with E-state index >= 15 is 0 Å². The summed E-state index contributed by atoms with van der Waals surface area (Å²) in [5.74, 6) is -0.501. The molecule has 0 aliphatic rings. The zero-order chi connectivity index (χ0) is 18.4. The summed E-state index contributed by atoms with van der Waals surface area (Å²) in [7, 11) is 0. The first kappa shape index (κ1) is 18.7. The number of carbonyl (C=O) groups is 2. The zero-order valence-corrected chi connectivity index (χ0v) is 15.0. The molecule has 0 aliphatic carbocycles. The van der Waals surface area contributed by atoms with Crippen LogP contribution in [-0.2, 0) is 9.53 Å². The van der Waals surface area contributed by atoms with Gasteiger partial charge in [-0.3, -0.25) is 9.78 Å². The minimum Gasteiger partial charge on any atom is -0.431 e. The van der Waals surface area contributed by atoms with Crippen LogP contribution in [0.2, 0.25) is 5.02 Å². The average molecular weight is 362 g/mol. The number of hydrogen-bond acceptors (Lipinski definition) is 4. The predicted molar refractivity (Wildman–Crippen MR) is 96.4 cm³/mol. The lowest BCUT2D eigenvalue weighted by Crippen LogP contribution is -2.42. The van der Waals surface area contributed by atoms with E-state index in [1.54, 1.807) is 42.6 Å². The highest BCUT2D eigenvalue weighted by atomic mass is 35.5. The van der Waals surface area contributed by atoms with E-state index in [0.717, 1.165) is 0 Å². The van der Waals surface area contributed by atoms with Crippen molar-refractivity contribution in [3.63, 3.8) is 0 Å². The highest BCUT2D eigenvalue weighted by Crippen LogP contribution is 2.23. The molecule has 0 saturated heterocycles. The Morgan fingerprint density at radius 3 is 2.56 bits per heavy atom. The third-order valence-corrected chi connectivity index (χ3v) is 3.26. The summed E-state index contributed by atoms with van der Waals surface area (Å²) in [6, 6.07) is 10.00. The van der Waals surface area contributed by atoms with Crippen molar-refractivity contribution in [3.05, 3.63) is 59.4 Å². The Labute approximate surface area is 151 Å². The molecule has 1 aromatic heterocycles. The fraction of sp³-hybridized carbons (Fsp3) is 0.278. The first-order valence-electron chi connectivity index (χ1n) is 7.70. The zero-order valence-electron chi connectivity index (χ0n) is 14.2. The lowest BCUT2D eigenvalue weighted by Gasteiger charge is -2.23. The van der Waals surface area contributed by atoms with Crippen LogP contribution in [0.5, 0.6) is 0 Å². The van der Waals surface area contributed by atoms with Gasteiger partial charge in [0, 0.05) is 22.3 Å². The molecule has 1 atom stereocenters. The molecule has 1 unspecified atom stereocenters. The van der Waals surface area contributed by atoms with Crippen molar-refractivity contribution in [1.29, 1.82) is 0 Å². The second-order valence-electron chi connectivity index (χ2n) is 6.45. The Bertz CT molecular complexity index is 745. The predicted octanol–water partition coefficient (Wildman–Crippen LogP) is 3.94. The molecule has 1 aromatic carbocycles. The quantitative estimate of drug-likeness (QED) is 0.864. The number of anilines is 1. The van der Waals surface area contributed by atoms with E-state index in [4.69, 9.17) is 16.3 Å². The van der Waals surface area contributed by atoms with E-state index in [1.165, 1.54) is 6.20 Å². The summed E-state index contributed by atoms with van der Waals surface area (Å²) in [6.45, 7) is 5.45. The minimum absolute atomic E-state index is 0.441. The van der Waals surface area contributed by atoms with Gasteiger partial charge in [0.1, 0.15) is 0 Å². The number of benzene rings is 1. The van der Waals surface area contributed by atoms with E-state index in [-0.39, 0.29) is 0 Å². The van der Waals surface area contributed by atoms with Gasteiger partial charge >= 0.3 is 6.09 Å². The summed E-state index contributed by atoms with van der Waals surface area (Å²) in [5.41, 5.74) is 0.479. The molecule has 25 heavy (non-hydrogen) atoms.